The standard InChI is InChI=1S/C14H18N2O2/c1-10(15)7-12-9-16-14(18-12)8-11-5-3-4-6-13(11)17-2/h3-6,9-10H,7-8,15H2,1-2H3. The summed E-state index contributed by atoms with van der Waals surface area (Å²) in [6, 6.07) is 7.94. The van der Waals surface area contributed by atoms with E-state index in [1.165, 1.54) is 0 Å². The molecular weight excluding hydrogens is 228 g/mol. The molecule has 18 heavy (non-hydrogen) atoms. The van der Waals surface area contributed by atoms with E-state index >= 15 is 0 Å². The Labute approximate surface area is 107 Å². The number of benzene rings is 1. The molecule has 1 atom stereocenters. The molecule has 0 aliphatic carbocycles. The zero-order chi connectivity index (χ0) is 13.0. The van der Waals surface area contributed by atoms with E-state index in [-0.39, 0.29) is 6.04 Å². The number of methoxy groups -OCH3 is 1. The molecule has 0 amide bonds. The lowest BCUT2D eigenvalue weighted by atomic mass is 10.1. The second kappa shape index (κ2) is 5.69. The number of nitrogens with two attached hydrogens (primary N) is 1. The van der Waals surface area contributed by atoms with Gasteiger partial charge in [0, 0.05) is 18.0 Å². The van der Waals surface area contributed by atoms with Crippen LogP contribution in [0.1, 0.15) is 24.1 Å². The first-order valence-corrected chi connectivity index (χ1v) is 6.00. The smallest absolute Gasteiger partial charge is 0.198 e. The number of nitrogens with zero attached hydrogens (tertiary/aromatic N) is 1. The van der Waals surface area contributed by atoms with E-state index < -0.39 is 0 Å². The summed E-state index contributed by atoms with van der Waals surface area (Å²) < 4.78 is 11.0. The molecule has 0 radical (unpaired) electrons. The number of oxazole rings is 1. The third kappa shape index (κ3) is 3.11. The van der Waals surface area contributed by atoms with Crippen molar-refractivity contribution in [3.05, 3.63) is 47.7 Å². The predicted molar refractivity (Wildman–Crippen MR) is 69.7 cm³/mol. The van der Waals surface area contributed by atoms with Crippen molar-refractivity contribution in [1.29, 1.82) is 0 Å². The molecule has 1 aromatic heterocycles. The van der Waals surface area contributed by atoms with Gasteiger partial charge in [-0.1, -0.05) is 18.2 Å². The Balaban J connectivity index is 2.11. The van der Waals surface area contributed by atoms with Crippen LogP contribution in [0.15, 0.2) is 34.9 Å². The van der Waals surface area contributed by atoms with Crippen LogP contribution in [0, 0.1) is 0 Å². The molecule has 0 spiro atoms. The molecule has 0 bridgehead atoms. The number of aromatic nitrogens is 1. The first-order chi connectivity index (χ1) is 8.69. The van der Waals surface area contributed by atoms with Gasteiger partial charge in [0.25, 0.3) is 0 Å². The highest BCUT2D eigenvalue weighted by molar-refractivity contribution is 5.34. The third-order valence-electron chi connectivity index (χ3n) is 2.66. The number of hydrogen-bond acceptors (Lipinski definition) is 4. The molecule has 2 rings (SSSR count). The van der Waals surface area contributed by atoms with Crippen LogP contribution in [0.3, 0.4) is 0 Å². The Morgan fingerprint density at radius 1 is 1.39 bits per heavy atom. The van der Waals surface area contributed by atoms with E-state index in [9.17, 15) is 0 Å². The first-order valence-electron chi connectivity index (χ1n) is 6.00. The summed E-state index contributed by atoms with van der Waals surface area (Å²) in [4.78, 5) is 4.26. The topological polar surface area (TPSA) is 61.3 Å². The number of ether oxygens (including phenoxy) is 1. The molecule has 4 heteroatoms. The van der Waals surface area contributed by atoms with Crippen LogP contribution in [0.5, 0.6) is 5.75 Å². The van der Waals surface area contributed by atoms with Crippen molar-refractivity contribution in [2.75, 3.05) is 7.11 Å². The van der Waals surface area contributed by atoms with Crippen LogP contribution < -0.4 is 10.5 Å². The largest absolute Gasteiger partial charge is 0.496 e. The van der Waals surface area contributed by atoms with Crippen LogP contribution in [-0.2, 0) is 12.8 Å². The first kappa shape index (κ1) is 12.6. The molecule has 4 nitrogen and oxygen atoms in total. The molecule has 0 fully saturated rings. The quantitative estimate of drug-likeness (QED) is 0.878. The summed E-state index contributed by atoms with van der Waals surface area (Å²) in [7, 11) is 1.66. The van der Waals surface area contributed by atoms with Gasteiger partial charge in [-0.3, -0.25) is 0 Å². The Morgan fingerprint density at radius 2 is 2.17 bits per heavy atom. The van der Waals surface area contributed by atoms with Crippen LogP contribution in [0.4, 0.5) is 0 Å². The molecular formula is C14H18N2O2. The highest BCUT2D eigenvalue weighted by Crippen LogP contribution is 2.20. The molecule has 2 N–H and O–H groups in total. The average molecular weight is 246 g/mol. The summed E-state index contributed by atoms with van der Waals surface area (Å²) in [6.07, 6.45) is 3.08. The summed E-state index contributed by atoms with van der Waals surface area (Å²) >= 11 is 0. The highest BCUT2D eigenvalue weighted by atomic mass is 16.5. The van der Waals surface area contributed by atoms with Crippen molar-refractivity contribution in [2.45, 2.75) is 25.8 Å². The van der Waals surface area contributed by atoms with Gasteiger partial charge in [0.15, 0.2) is 5.89 Å². The highest BCUT2D eigenvalue weighted by Gasteiger charge is 2.09. The summed E-state index contributed by atoms with van der Waals surface area (Å²) in [5.41, 5.74) is 6.79. The van der Waals surface area contributed by atoms with E-state index in [4.69, 9.17) is 14.9 Å². The second-order valence-corrected chi connectivity index (χ2v) is 4.39. The van der Waals surface area contributed by atoms with Crippen molar-refractivity contribution < 1.29 is 9.15 Å². The molecule has 0 aliphatic heterocycles. The monoisotopic (exact) mass is 246 g/mol. The molecule has 0 saturated heterocycles. The van der Waals surface area contributed by atoms with E-state index in [0.717, 1.165) is 17.1 Å². The Morgan fingerprint density at radius 3 is 2.89 bits per heavy atom. The van der Waals surface area contributed by atoms with Gasteiger partial charge in [-0.05, 0) is 13.0 Å². The van der Waals surface area contributed by atoms with E-state index in [1.54, 1.807) is 13.3 Å². The predicted octanol–water partition coefficient (Wildman–Crippen LogP) is 2.16. The maximum Gasteiger partial charge on any atom is 0.198 e. The maximum absolute atomic E-state index is 5.72. The Hall–Kier alpha value is -1.81. The van der Waals surface area contributed by atoms with Crippen LogP contribution in [0.2, 0.25) is 0 Å². The zero-order valence-electron chi connectivity index (χ0n) is 10.7. The lowest BCUT2D eigenvalue weighted by Crippen LogP contribution is -2.17. The van der Waals surface area contributed by atoms with Crippen molar-refractivity contribution in [1.82, 2.24) is 4.98 Å². The van der Waals surface area contributed by atoms with Crippen molar-refractivity contribution in [3.8, 4) is 5.75 Å². The van der Waals surface area contributed by atoms with E-state index in [0.29, 0.717) is 18.7 Å². The van der Waals surface area contributed by atoms with Gasteiger partial charge in [0.05, 0.1) is 19.7 Å². The molecule has 0 aliphatic rings. The number of rotatable bonds is 5. The third-order valence-corrected chi connectivity index (χ3v) is 2.66. The minimum absolute atomic E-state index is 0.0806. The SMILES string of the molecule is COc1ccccc1Cc1ncc(CC(C)N)o1. The number of para-hydroxylation sites is 1. The van der Waals surface area contributed by atoms with Crippen molar-refractivity contribution in [2.24, 2.45) is 5.73 Å². The molecule has 2 aromatic rings. The van der Waals surface area contributed by atoms with Crippen molar-refractivity contribution >= 4 is 0 Å². The molecule has 96 valence electrons. The van der Waals surface area contributed by atoms with Gasteiger partial charge in [-0.15, -0.1) is 0 Å². The van der Waals surface area contributed by atoms with Gasteiger partial charge >= 0.3 is 0 Å². The number of hydrogen-bond donors (Lipinski definition) is 1. The molecule has 1 aromatic carbocycles. The van der Waals surface area contributed by atoms with Gasteiger partial charge in [0.1, 0.15) is 11.5 Å². The molecule has 0 saturated carbocycles. The molecule has 1 unspecified atom stereocenters. The van der Waals surface area contributed by atoms with Crippen LogP contribution >= 0.6 is 0 Å². The minimum Gasteiger partial charge on any atom is -0.496 e. The average Bonchev–Trinajstić information content (AvgIpc) is 2.76. The minimum atomic E-state index is 0.0806. The fourth-order valence-corrected chi connectivity index (χ4v) is 1.85. The Bertz CT molecular complexity index is 506. The van der Waals surface area contributed by atoms with Gasteiger partial charge in [-0.2, -0.15) is 0 Å². The normalized spacial score (nSPS) is 12.4. The lowest BCUT2D eigenvalue weighted by Gasteiger charge is -2.05. The maximum atomic E-state index is 5.72. The summed E-state index contributed by atoms with van der Waals surface area (Å²) in [5, 5.41) is 0. The van der Waals surface area contributed by atoms with Crippen LogP contribution in [-0.4, -0.2) is 18.1 Å². The van der Waals surface area contributed by atoms with E-state index in [2.05, 4.69) is 4.98 Å². The fraction of sp³-hybridized carbons (Fsp3) is 0.357. The van der Waals surface area contributed by atoms with Gasteiger partial charge in [-0.25, -0.2) is 4.98 Å². The van der Waals surface area contributed by atoms with Crippen LogP contribution in [0.25, 0.3) is 0 Å². The summed E-state index contributed by atoms with van der Waals surface area (Å²) in [6.45, 7) is 1.95. The fourth-order valence-electron chi connectivity index (χ4n) is 1.85. The van der Waals surface area contributed by atoms with E-state index in [1.807, 2.05) is 31.2 Å². The molecule has 1 heterocycles. The summed E-state index contributed by atoms with van der Waals surface area (Å²) in [5.74, 6) is 2.37. The second-order valence-electron chi connectivity index (χ2n) is 4.39. The van der Waals surface area contributed by atoms with Crippen molar-refractivity contribution in [3.63, 3.8) is 0 Å². The van der Waals surface area contributed by atoms with Gasteiger partial charge < -0.3 is 14.9 Å². The van der Waals surface area contributed by atoms with Gasteiger partial charge in [0.2, 0.25) is 0 Å². The zero-order valence-corrected chi connectivity index (χ0v) is 10.7. The Kier molecular flexibility index (Phi) is 3.99. The lowest BCUT2D eigenvalue weighted by molar-refractivity contribution is 0.406.